The van der Waals surface area contributed by atoms with Crippen molar-refractivity contribution in [2.24, 2.45) is 13.0 Å². The Morgan fingerprint density at radius 2 is 2.12 bits per heavy atom. The van der Waals surface area contributed by atoms with Crippen LogP contribution >= 0.6 is 23.1 Å². The van der Waals surface area contributed by atoms with Crippen LogP contribution in [0.4, 0.5) is 9.39 Å². The van der Waals surface area contributed by atoms with Crippen LogP contribution in [0.2, 0.25) is 0 Å². The van der Waals surface area contributed by atoms with Gasteiger partial charge >= 0.3 is 5.97 Å². The Bertz CT molecular complexity index is 1170. The summed E-state index contributed by atoms with van der Waals surface area (Å²) in [5.74, 6) is -0.0685. The number of thioether (sulfide) groups is 1. The zero-order valence-corrected chi connectivity index (χ0v) is 19.6. The quantitative estimate of drug-likeness (QED) is 0.423. The molecule has 4 rings (SSSR count). The van der Waals surface area contributed by atoms with Crippen molar-refractivity contribution in [3.63, 3.8) is 0 Å². The molecule has 3 aromatic rings. The Hall–Kier alpha value is -2.72. The molecule has 2 aromatic heterocycles. The predicted molar refractivity (Wildman–Crippen MR) is 123 cm³/mol. The molecule has 10 heteroatoms. The van der Waals surface area contributed by atoms with Crippen molar-refractivity contribution < 1.29 is 18.7 Å². The zero-order valence-electron chi connectivity index (χ0n) is 18.0. The van der Waals surface area contributed by atoms with Crippen molar-refractivity contribution in [3.8, 4) is 11.4 Å². The molecular weight excluding hydrogens is 451 g/mol. The summed E-state index contributed by atoms with van der Waals surface area (Å²) in [5, 5.41) is 12.1. The van der Waals surface area contributed by atoms with Crippen molar-refractivity contribution in [1.29, 1.82) is 0 Å². The van der Waals surface area contributed by atoms with E-state index in [0.29, 0.717) is 33.0 Å². The molecule has 1 aliphatic carbocycles. The van der Waals surface area contributed by atoms with Crippen LogP contribution in [0.5, 0.6) is 0 Å². The van der Waals surface area contributed by atoms with Crippen LogP contribution in [-0.2, 0) is 29.4 Å². The average molecular weight is 475 g/mol. The molecule has 7 nitrogen and oxygen atoms in total. The second-order valence-electron chi connectivity index (χ2n) is 7.73. The molecule has 32 heavy (non-hydrogen) atoms. The Labute approximate surface area is 193 Å². The summed E-state index contributed by atoms with van der Waals surface area (Å²) in [6, 6.07) is 6.34. The normalized spacial score (nSPS) is 15.3. The van der Waals surface area contributed by atoms with Gasteiger partial charge in [-0.15, -0.1) is 21.5 Å². The molecule has 0 aliphatic heterocycles. The summed E-state index contributed by atoms with van der Waals surface area (Å²) in [6.07, 6.45) is 2.71. The summed E-state index contributed by atoms with van der Waals surface area (Å²) in [7, 11) is 3.08. The van der Waals surface area contributed by atoms with Crippen LogP contribution in [0.3, 0.4) is 0 Å². The summed E-state index contributed by atoms with van der Waals surface area (Å²) in [5.41, 5.74) is 1.81. The number of aromatic nitrogens is 3. The fourth-order valence-electron chi connectivity index (χ4n) is 3.77. The molecule has 0 bridgehead atoms. The largest absolute Gasteiger partial charge is 0.465 e. The highest BCUT2D eigenvalue weighted by Gasteiger charge is 2.29. The monoisotopic (exact) mass is 474 g/mol. The summed E-state index contributed by atoms with van der Waals surface area (Å²) in [6.45, 7) is 2.19. The highest BCUT2D eigenvalue weighted by Crippen LogP contribution is 2.40. The lowest BCUT2D eigenvalue weighted by Crippen LogP contribution is -2.17. The first-order valence-corrected chi connectivity index (χ1v) is 12.0. The predicted octanol–water partition coefficient (Wildman–Crippen LogP) is 4.32. The number of benzene rings is 1. The number of rotatable bonds is 6. The van der Waals surface area contributed by atoms with Gasteiger partial charge in [0.05, 0.1) is 24.0 Å². The van der Waals surface area contributed by atoms with Crippen LogP contribution in [0.1, 0.15) is 34.1 Å². The maximum atomic E-state index is 14.1. The number of esters is 1. The first-order chi connectivity index (χ1) is 15.4. The van der Waals surface area contributed by atoms with E-state index in [9.17, 15) is 14.0 Å². The van der Waals surface area contributed by atoms with Crippen LogP contribution < -0.4 is 5.32 Å². The first-order valence-electron chi connectivity index (χ1n) is 10.2. The van der Waals surface area contributed by atoms with Gasteiger partial charge in [-0.2, -0.15) is 0 Å². The van der Waals surface area contributed by atoms with Gasteiger partial charge < -0.3 is 14.6 Å². The summed E-state index contributed by atoms with van der Waals surface area (Å²) < 4.78 is 20.7. The molecule has 0 fully saturated rings. The van der Waals surface area contributed by atoms with Crippen LogP contribution in [-0.4, -0.2) is 39.5 Å². The molecule has 0 radical (unpaired) electrons. The fourth-order valence-corrected chi connectivity index (χ4v) is 5.89. The van der Waals surface area contributed by atoms with Gasteiger partial charge in [0, 0.05) is 11.9 Å². The molecule has 1 atom stereocenters. The van der Waals surface area contributed by atoms with Gasteiger partial charge in [0.15, 0.2) is 11.0 Å². The third-order valence-corrected chi connectivity index (χ3v) is 7.63. The molecule has 1 N–H and O–H groups in total. The number of halogens is 1. The highest BCUT2D eigenvalue weighted by molar-refractivity contribution is 7.99. The van der Waals surface area contributed by atoms with Crippen LogP contribution in [0.15, 0.2) is 29.4 Å². The smallest absolute Gasteiger partial charge is 0.341 e. The van der Waals surface area contributed by atoms with Gasteiger partial charge in [-0.25, -0.2) is 9.18 Å². The average Bonchev–Trinajstić information content (AvgIpc) is 3.31. The van der Waals surface area contributed by atoms with E-state index in [0.717, 1.165) is 29.7 Å². The number of nitrogens with zero attached hydrogens (tertiary/aromatic N) is 3. The van der Waals surface area contributed by atoms with Crippen LogP contribution in [0, 0.1) is 11.7 Å². The number of carbonyl (C=O) groups excluding carboxylic acids is 2. The lowest BCUT2D eigenvalue weighted by Gasteiger charge is -2.18. The molecule has 168 valence electrons. The SMILES string of the molecule is COC(=O)c1c(NC(=O)CSc2nnc(-c3ccccc3F)n2C)sc2c1CCC(C)C2. The Kier molecular flexibility index (Phi) is 6.61. The first kappa shape index (κ1) is 22.5. The van der Waals surface area contributed by atoms with E-state index in [2.05, 4.69) is 22.4 Å². The molecule has 1 amide bonds. The van der Waals surface area contributed by atoms with Gasteiger partial charge in [0.25, 0.3) is 0 Å². The van der Waals surface area contributed by atoms with Gasteiger partial charge in [0.2, 0.25) is 5.91 Å². The lowest BCUT2D eigenvalue weighted by molar-refractivity contribution is -0.113. The van der Waals surface area contributed by atoms with E-state index in [1.165, 1.54) is 36.3 Å². The maximum Gasteiger partial charge on any atom is 0.341 e. The number of fused-ring (bicyclic) bond motifs is 1. The minimum Gasteiger partial charge on any atom is -0.465 e. The standard InChI is InChI=1S/C22H23FN4O3S2/c1-12-8-9-14-16(10-12)32-20(18(14)21(29)30-3)24-17(28)11-31-22-26-25-19(27(22)2)13-6-4-5-7-15(13)23/h4-7,12H,8-11H2,1-3H3,(H,24,28). The fraction of sp³-hybridized carbons (Fsp3) is 0.364. The summed E-state index contributed by atoms with van der Waals surface area (Å²) >= 11 is 2.64. The number of carbonyl (C=O) groups is 2. The second-order valence-corrected chi connectivity index (χ2v) is 9.78. The summed E-state index contributed by atoms with van der Waals surface area (Å²) in [4.78, 5) is 26.2. The van der Waals surface area contributed by atoms with Crippen LogP contribution in [0.25, 0.3) is 11.4 Å². The molecule has 0 saturated heterocycles. The molecule has 0 spiro atoms. The number of thiophene rings is 1. The Morgan fingerprint density at radius 1 is 1.34 bits per heavy atom. The van der Waals surface area contributed by atoms with E-state index in [4.69, 9.17) is 4.74 Å². The molecule has 1 aromatic carbocycles. The molecule has 2 heterocycles. The number of anilines is 1. The van der Waals surface area contributed by atoms with Crippen molar-refractivity contribution in [2.75, 3.05) is 18.2 Å². The maximum absolute atomic E-state index is 14.1. The van der Waals surface area contributed by atoms with Crippen molar-refractivity contribution in [3.05, 3.63) is 46.1 Å². The topological polar surface area (TPSA) is 86.1 Å². The minimum atomic E-state index is -0.428. The van der Waals surface area contributed by atoms with Crippen molar-refractivity contribution >= 4 is 40.0 Å². The second kappa shape index (κ2) is 9.41. The third-order valence-electron chi connectivity index (χ3n) is 5.44. The van der Waals surface area contributed by atoms with E-state index < -0.39 is 5.97 Å². The zero-order chi connectivity index (χ0) is 22.8. The number of amides is 1. The lowest BCUT2D eigenvalue weighted by atomic mass is 9.88. The minimum absolute atomic E-state index is 0.0722. The third kappa shape index (κ3) is 4.42. The number of hydrogen-bond donors (Lipinski definition) is 1. The van der Waals surface area contributed by atoms with E-state index in [1.807, 2.05) is 0 Å². The van der Waals surface area contributed by atoms with Crippen molar-refractivity contribution in [2.45, 2.75) is 31.3 Å². The van der Waals surface area contributed by atoms with Gasteiger partial charge in [-0.05, 0) is 42.9 Å². The molecule has 0 saturated carbocycles. The number of nitrogens with one attached hydrogen (secondary N) is 1. The Morgan fingerprint density at radius 3 is 2.88 bits per heavy atom. The number of hydrogen-bond acceptors (Lipinski definition) is 7. The van der Waals surface area contributed by atoms with E-state index >= 15 is 0 Å². The van der Waals surface area contributed by atoms with E-state index in [1.54, 1.807) is 29.8 Å². The van der Waals surface area contributed by atoms with Gasteiger partial charge in [-0.3, -0.25) is 4.79 Å². The number of methoxy groups -OCH3 is 1. The molecule has 1 aliphatic rings. The number of ether oxygens (including phenoxy) is 1. The van der Waals surface area contributed by atoms with E-state index in [-0.39, 0.29) is 17.5 Å². The molecular formula is C22H23FN4O3S2. The highest BCUT2D eigenvalue weighted by atomic mass is 32.2. The van der Waals surface area contributed by atoms with Gasteiger partial charge in [0.1, 0.15) is 10.8 Å². The molecule has 1 unspecified atom stereocenters. The van der Waals surface area contributed by atoms with Crippen molar-refractivity contribution in [1.82, 2.24) is 14.8 Å². The van der Waals surface area contributed by atoms with Gasteiger partial charge in [-0.1, -0.05) is 30.8 Å². The Balaban J connectivity index is 1.48.